The van der Waals surface area contributed by atoms with E-state index < -0.39 is 29.6 Å². The van der Waals surface area contributed by atoms with Gasteiger partial charge in [0.2, 0.25) is 0 Å². The maximum absolute atomic E-state index is 13.6. The third kappa shape index (κ3) is 15.9. The van der Waals surface area contributed by atoms with Crippen LogP contribution in [-0.4, -0.2) is 71.3 Å². The zero-order valence-electron chi connectivity index (χ0n) is 21.5. The number of carboxylic acids is 2. The molecule has 0 aliphatic rings. The zero-order valence-corrected chi connectivity index (χ0v) is 21.5. The first kappa shape index (κ1) is 34.0. The van der Waals surface area contributed by atoms with Gasteiger partial charge >= 0.3 is 17.9 Å². The van der Waals surface area contributed by atoms with Gasteiger partial charge in [-0.25, -0.2) is 14.0 Å². The van der Waals surface area contributed by atoms with E-state index >= 15 is 0 Å². The van der Waals surface area contributed by atoms with Crippen LogP contribution in [0.2, 0.25) is 0 Å². The van der Waals surface area contributed by atoms with E-state index in [1.54, 1.807) is 18.2 Å². The Kier molecular flexibility index (Phi) is 18.0. The summed E-state index contributed by atoms with van der Waals surface area (Å²) in [6.07, 6.45) is 13.6. The van der Waals surface area contributed by atoms with Gasteiger partial charge in [0.15, 0.2) is 0 Å². The summed E-state index contributed by atoms with van der Waals surface area (Å²) in [7, 11) is 1.31. The Morgan fingerprint density at radius 1 is 0.947 bits per heavy atom. The minimum atomic E-state index is -1.82. The zero-order chi connectivity index (χ0) is 28.9. The number of methoxy groups -OCH3 is 1. The van der Waals surface area contributed by atoms with Gasteiger partial charge in [-0.05, 0) is 30.9 Å². The van der Waals surface area contributed by atoms with Crippen LogP contribution in [-0.2, 0) is 35.1 Å². The molecule has 2 N–H and O–H groups in total. The van der Waals surface area contributed by atoms with Crippen molar-refractivity contribution in [3.63, 3.8) is 0 Å². The Morgan fingerprint density at radius 2 is 1.53 bits per heavy atom. The number of carboxylic acid groups (broad SMARTS) is 2. The number of hydrogen-bond acceptors (Lipinski definition) is 7. The summed E-state index contributed by atoms with van der Waals surface area (Å²) in [5.74, 6) is -0.0213. The quantitative estimate of drug-likeness (QED) is 0.143. The Hall–Kier alpha value is -4.02. The number of Topliss-reactive ketones (excluding diaryl/α,β-unsaturated/α-hetero) is 2. The van der Waals surface area contributed by atoms with Crippen LogP contribution < -0.4 is 0 Å². The minimum Gasteiger partial charge on any atom is -0.473 e. The molecule has 0 bridgehead atoms. The first-order valence-electron chi connectivity index (χ1n) is 12.0. The molecule has 0 radical (unpaired) electrons. The third-order valence-corrected chi connectivity index (χ3v) is 5.35. The first-order valence-corrected chi connectivity index (χ1v) is 12.0. The number of carbonyl (C=O) groups excluding carboxylic acids is 3. The molecule has 0 amide bonds. The second-order valence-corrected chi connectivity index (χ2v) is 8.35. The number of ether oxygens (including phenoxy) is 1. The SMILES string of the molecule is C#CCN(CC#C)CCCC[C@H](CC(=O)CCCC(=O)Cc1ccccc1F)C(=O)OC.O=C(O)C(=O)O. The predicted octanol–water partition coefficient (Wildman–Crippen LogP) is 2.75. The Morgan fingerprint density at radius 3 is 2.05 bits per heavy atom. The van der Waals surface area contributed by atoms with Gasteiger partial charge in [-0.15, -0.1) is 12.8 Å². The molecule has 206 valence electrons. The number of terminal acetylenes is 2. The highest BCUT2D eigenvalue weighted by atomic mass is 19.1. The Bertz CT molecular complexity index is 996. The molecule has 1 rings (SSSR count). The lowest BCUT2D eigenvalue weighted by molar-refractivity contribution is -0.159. The van der Waals surface area contributed by atoms with E-state index in [0.29, 0.717) is 31.5 Å². The predicted molar refractivity (Wildman–Crippen MR) is 137 cm³/mol. The van der Waals surface area contributed by atoms with Gasteiger partial charge in [-0.1, -0.05) is 36.5 Å². The van der Waals surface area contributed by atoms with Gasteiger partial charge in [-0.3, -0.25) is 19.3 Å². The number of ketones is 2. The van der Waals surface area contributed by atoms with Gasteiger partial charge in [0.05, 0.1) is 26.1 Å². The average Bonchev–Trinajstić information content (AvgIpc) is 2.87. The molecular weight excluding hydrogens is 497 g/mol. The number of aliphatic carboxylic acids is 2. The standard InChI is InChI=1S/C26H32FNO4.C2H2O4/c1-4-16-28(17-5-2)18-9-8-12-22(26(31)32-3)20-24(30)14-10-13-23(29)19-21-11-6-7-15-25(21)27;3-1(4)2(5)6/h1-2,6-7,11,15,22H,8-10,12-14,16-20H2,3H3;(H,3,4)(H,5,6)/t22-;/m1./s1. The lowest BCUT2D eigenvalue weighted by atomic mass is 9.93. The molecule has 0 aromatic heterocycles. The smallest absolute Gasteiger partial charge is 0.414 e. The second kappa shape index (κ2) is 20.1. The van der Waals surface area contributed by atoms with Crippen molar-refractivity contribution in [3.05, 3.63) is 35.6 Å². The minimum absolute atomic E-state index is 0.0159. The highest BCUT2D eigenvalue weighted by molar-refractivity contribution is 6.27. The van der Waals surface area contributed by atoms with Crippen molar-refractivity contribution in [1.82, 2.24) is 4.90 Å². The molecule has 0 saturated carbocycles. The highest BCUT2D eigenvalue weighted by Crippen LogP contribution is 2.18. The maximum Gasteiger partial charge on any atom is 0.414 e. The maximum atomic E-state index is 13.6. The number of rotatable bonds is 16. The normalized spacial score (nSPS) is 10.8. The molecule has 0 spiro atoms. The van der Waals surface area contributed by atoms with E-state index in [1.807, 2.05) is 4.90 Å². The van der Waals surface area contributed by atoms with Crippen LogP contribution in [0.3, 0.4) is 0 Å². The van der Waals surface area contributed by atoms with E-state index in [0.717, 1.165) is 19.4 Å². The monoisotopic (exact) mass is 531 g/mol. The molecule has 0 unspecified atom stereocenters. The molecular formula is C28H34FNO8. The lowest BCUT2D eigenvalue weighted by Gasteiger charge is -2.18. The van der Waals surface area contributed by atoms with Crippen LogP contribution in [0.25, 0.3) is 0 Å². The van der Waals surface area contributed by atoms with Crippen molar-refractivity contribution >= 4 is 29.5 Å². The number of esters is 1. The van der Waals surface area contributed by atoms with E-state index in [-0.39, 0.29) is 37.2 Å². The number of unbranched alkanes of at least 4 members (excludes halogenated alkanes) is 1. The van der Waals surface area contributed by atoms with Gasteiger partial charge in [0.25, 0.3) is 0 Å². The fourth-order valence-corrected chi connectivity index (χ4v) is 3.47. The van der Waals surface area contributed by atoms with Crippen molar-refractivity contribution < 1.29 is 43.3 Å². The van der Waals surface area contributed by atoms with Gasteiger partial charge in [0, 0.05) is 32.2 Å². The van der Waals surface area contributed by atoms with E-state index in [2.05, 4.69) is 11.8 Å². The molecule has 0 fully saturated rings. The van der Waals surface area contributed by atoms with E-state index in [4.69, 9.17) is 37.4 Å². The molecule has 0 heterocycles. The first-order chi connectivity index (χ1) is 18.0. The van der Waals surface area contributed by atoms with Crippen LogP contribution >= 0.6 is 0 Å². The average molecular weight is 532 g/mol. The van der Waals surface area contributed by atoms with E-state index in [1.165, 1.54) is 13.2 Å². The Labute approximate surface area is 222 Å². The van der Waals surface area contributed by atoms with Crippen LogP contribution in [0.1, 0.15) is 50.5 Å². The second-order valence-electron chi connectivity index (χ2n) is 8.35. The van der Waals surface area contributed by atoms with Crippen LogP contribution in [0.5, 0.6) is 0 Å². The number of hydrogen-bond donors (Lipinski definition) is 2. The molecule has 10 heteroatoms. The summed E-state index contributed by atoms with van der Waals surface area (Å²) >= 11 is 0. The summed E-state index contributed by atoms with van der Waals surface area (Å²) in [6, 6.07) is 6.16. The van der Waals surface area contributed by atoms with Crippen LogP contribution in [0.4, 0.5) is 4.39 Å². The summed E-state index contributed by atoms with van der Waals surface area (Å²) in [5, 5.41) is 14.8. The fraction of sp³-hybridized carbons (Fsp3) is 0.464. The highest BCUT2D eigenvalue weighted by Gasteiger charge is 2.22. The summed E-state index contributed by atoms with van der Waals surface area (Å²) in [6.45, 7) is 1.66. The number of halogens is 1. The van der Waals surface area contributed by atoms with E-state index in [9.17, 15) is 18.8 Å². The topological polar surface area (TPSA) is 138 Å². The molecule has 0 aliphatic carbocycles. The largest absolute Gasteiger partial charge is 0.473 e. The van der Waals surface area contributed by atoms with Crippen LogP contribution in [0, 0.1) is 36.4 Å². The van der Waals surface area contributed by atoms with Crippen molar-refractivity contribution in [2.75, 3.05) is 26.7 Å². The molecule has 0 aliphatic heterocycles. The molecule has 1 aromatic carbocycles. The molecule has 9 nitrogen and oxygen atoms in total. The summed E-state index contributed by atoms with van der Waals surface area (Å²) in [5.41, 5.74) is 0.359. The summed E-state index contributed by atoms with van der Waals surface area (Å²) < 4.78 is 18.5. The van der Waals surface area contributed by atoms with Crippen molar-refractivity contribution in [1.29, 1.82) is 0 Å². The third-order valence-electron chi connectivity index (χ3n) is 5.35. The van der Waals surface area contributed by atoms with Crippen LogP contribution in [0.15, 0.2) is 24.3 Å². The molecule has 38 heavy (non-hydrogen) atoms. The Balaban J connectivity index is 0.00000203. The van der Waals surface area contributed by atoms with Crippen molar-refractivity contribution in [2.45, 2.75) is 51.4 Å². The molecule has 1 atom stereocenters. The van der Waals surface area contributed by atoms with Crippen molar-refractivity contribution in [3.8, 4) is 24.7 Å². The lowest BCUT2D eigenvalue weighted by Crippen LogP contribution is -2.26. The molecule has 1 aromatic rings. The number of nitrogens with zero attached hydrogens (tertiary/aromatic N) is 1. The fourth-order valence-electron chi connectivity index (χ4n) is 3.47. The molecule has 0 saturated heterocycles. The number of benzene rings is 1. The van der Waals surface area contributed by atoms with Crippen molar-refractivity contribution in [2.24, 2.45) is 5.92 Å². The number of carbonyl (C=O) groups is 5. The van der Waals surface area contributed by atoms with Gasteiger partial charge < -0.3 is 14.9 Å². The summed E-state index contributed by atoms with van der Waals surface area (Å²) in [4.78, 5) is 56.7. The van der Waals surface area contributed by atoms with Gasteiger partial charge in [0.1, 0.15) is 17.4 Å². The van der Waals surface area contributed by atoms with Gasteiger partial charge in [-0.2, -0.15) is 0 Å².